The van der Waals surface area contributed by atoms with Gasteiger partial charge < -0.3 is 19.7 Å². The molecule has 2 aliphatic rings. The molecule has 0 aliphatic carbocycles. The molecule has 2 aromatic carbocycles. The molecule has 0 saturated carbocycles. The van der Waals surface area contributed by atoms with Crippen LogP contribution < -0.4 is 14.8 Å². The highest BCUT2D eigenvalue weighted by Crippen LogP contribution is 2.41. The number of rotatable bonds is 2. The third kappa shape index (κ3) is 3.50. The number of carbonyl (C=O) groups excluding carboxylic acids is 1. The van der Waals surface area contributed by atoms with Gasteiger partial charge in [0.15, 0.2) is 11.5 Å². The first-order chi connectivity index (χ1) is 12.2. The molecule has 2 aliphatic heterocycles. The zero-order chi connectivity index (χ0) is 17.2. The minimum Gasteiger partial charge on any atom is -0.486 e. The molecule has 4 rings (SSSR count). The largest absolute Gasteiger partial charge is 0.486 e. The van der Waals surface area contributed by atoms with Crippen LogP contribution in [0.15, 0.2) is 42.5 Å². The lowest BCUT2D eigenvalue weighted by atomic mass is 10.1. The van der Waals surface area contributed by atoms with Crippen LogP contribution in [0.1, 0.15) is 10.9 Å². The van der Waals surface area contributed by atoms with E-state index in [4.69, 9.17) is 21.1 Å². The number of benzene rings is 2. The molecule has 25 heavy (non-hydrogen) atoms. The fraction of sp³-hybridized carbons (Fsp3) is 0.278. The molecule has 0 bridgehead atoms. The molecule has 0 radical (unpaired) electrons. The van der Waals surface area contributed by atoms with Gasteiger partial charge in [0.1, 0.15) is 18.6 Å². The number of fused-ring (bicyclic) bond motifs is 1. The fourth-order valence-electron chi connectivity index (χ4n) is 2.90. The van der Waals surface area contributed by atoms with Gasteiger partial charge in [-0.05, 0) is 42.0 Å². The Kier molecular flexibility index (Phi) is 4.63. The molecular weight excluding hydrogens is 360 g/mol. The zero-order valence-electron chi connectivity index (χ0n) is 13.4. The standard InChI is InChI=1S/C18H17ClN2O3S/c19-13-2-4-14(5-3-13)20-18(22)21-7-10-25-17(21)12-1-6-15-16(11-12)24-9-8-23-15/h1-6,11,17H,7-10H2,(H,20,22)/t17-/m1/s1. The smallest absolute Gasteiger partial charge is 0.323 e. The predicted molar refractivity (Wildman–Crippen MR) is 99.8 cm³/mol. The van der Waals surface area contributed by atoms with E-state index in [9.17, 15) is 4.79 Å². The number of ether oxygens (including phenoxy) is 2. The maximum absolute atomic E-state index is 12.7. The molecule has 2 heterocycles. The number of carbonyl (C=O) groups is 1. The number of thioether (sulfide) groups is 1. The van der Waals surface area contributed by atoms with Gasteiger partial charge in [0.05, 0.1) is 0 Å². The van der Waals surface area contributed by atoms with Crippen molar-refractivity contribution >= 4 is 35.1 Å². The summed E-state index contributed by atoms with van der Waals surface area (Å²) in [4.78, 5) is 14.5. The third-order valence-corrected chi connectivity index (χ3v) is 5.61. The minimum absolute atomic E-state index is 0.0388. The number of halogens is 1. The topological polar surface area (TPSA) is 50.8 Å². The SMILES string of the molecule is O=C(Nc1ccc(Cl)cc1)N1CCS[C@@H]1c1ccc2c(c1)OCCO2. The second kappa shape index (κ2) is 7.06. The molecule has 7 heteroatoms. The Labute approximate surface area is 155 Å². The lowest BCUT2D eigenvalue weighted by Crippen LogP contribution is -2.34. The second-order valence-electron chi connectivity index (χ2n) is 5.76. The zero-order valence-corrected chi connectivity index (χ0v) is 15.0. The quantitative estimate of drug-likeness (QED) is 0.844. The number of hydrogen-bond acceptors (Lipinski definition) is 4. The summed E-state index contributed by atoms with van der Waals surface area (Å²) in [7, 11) is 0. The van der Waals surface area contributed by atoms with Crippen LogP contribution in [0.4, 0.5) is 10.5 Å². The Balaban J connectivity index is 1.51. The van der Waals surface area contributed by atoms with Crippen LogP contribution in [-0.4, -0.2) is 36.4 Å². The molecule has 1 N–H and O–H groups in total. The summed E-state index contributed by atoms with van der Waals surface area (Å²) in [5.41, 5.74) is 1.77. The molecule has 0 spiro atoms. The monoisotopic (exact) mass is 376 g/mol. The molecule has 0 aromatic heterocycles. The average molecular weight is 377 g/mol. The molecule has 1 fully saturated rings. The van der Waals surface area contributed by atoms with Gasteiger partial charge >= 0.3 is 6.03 Å². The Morgan fingerprint density at radius 3 is 2.68 bits per heavy atom. The van der Waals surface area contributed by atoms with Gasteiger partial charge in [0.25, 0.3) is 0 Å². The van der Waals surface area contributed by atoms with E-state index >= 15 is 0 Å². The maximum Gasteiger partial charge on any atom is 0.323 e. The van der Waals surface area contributed by atoms with Gasteiger partial charge in [-0.1, -0.05) is 17.7 Å². The van der Waals surface area contributed by atoms with Crippen molar-refractivity contribution < 1.29 is 14.3 Å². The number of urea groups is 1. The maximum atomic E-state index is 12.7. The number of anilines is 1. The van der Waals surface area contributed by atoms with Crippen molar-refractivity contribution in [2.45, 2.75) is 5.37 Å². The highest BCUT2D eigenvalue weighted by Gasteiger charge is 2.31. The van der Waals surface area contributed by atoms with E-state index in [1.807, 2.05) is 23.1 Å². The van der Waals surface area contributed by atoms with Crippen LogP contribution in [0, 0.1) is 0 Å². The summed E-state index contributed by atoms with van der Waals surface area (Å²) >= 11 is 7.63. The predicted octanol–water partition coefficient (Wildman–Crippen LogP) is 4.39. The van der Waals surface area contributed by atoms with E-state index in [2.05, 4.69) is 5.32 Å². The van der Waals surface area contributed by atoms with Gasteiger partial charge in [-0.2, -0.15) is 0 Å². The first-order valence-electron chi connectivity index (χ1n) is 8.05. The van der Waals surface area contributed by atoms with E-state index < -0.39 is 0 Å². The van der Waals surface area contributed by atoms with Crippen LogP contribution in [0.25, 0.3) is 0 Å². The van der Waals surface area contributed by atoms with Crippen molar-refractivity contribution in [3.8, 4) is 11.5 Å². The normalized spacial score (nSPS) is 18.9. The third-order valence-electron chi connectivity index (χ3n) is 4.10. The fourth-order valence-corrected chi connectivity index (χ4v) is 4.27. The van der Waals surface area contributed by atoms with E-state index in [0.717, 1.165) is 28.5 Å². The van der Waals surface area contributed by atoms with Gasteiger partial charge in [0, 0.05) is 23.0 Å². The lowest BCUT2D eigenvalue weighted by Gasteiger charge is -2.26. The summed E-state index contributed by atoms with van der Waals surface area (Å²) in [6.45, 7) is 1.82. The Morgan fingerprint density at radius 2 is 1.88 bits per heavy atom. The van der Waals surface area contributed by atoms with Crippen LogP contribution in [0.3, 0.4) is 0 Å². The van der Waals surface area contributed by atoms with Crippen molar-refractivity contribution in [1.82, 2.24) is 4.90 Å². The number of hydrogen-bond donors (Lipinski definition) is 1. The Bertz CT molecular complexity index is 784. The minimum atomic E-state index is -0.118. The van der Waals surface area contributed by atoms with Gasteiger partial charge in [-0.3, -0.25) is 0 Å². The molecule has 130 valence electrons. The van der Waals surface area contributed by atoms with Crippen molar-refractivity contribution in [2.75, 3.05) is 30.8 Å². The average Bonchev–Trinajstić information content (AvgIpc) is 3.13. The first-order valence-corrected chi connectivity index (χ1v) is 9.48. The summed E-state index contributed by atoms with van der Waals surface area (Å²) in [5, 5.41) is 3.54. The summed E-state index contributed by atoms with van der Waals surface area (Å²) in [5.74, 6) is 2.40. The van der Waals surface area contributed by atoms with Crippen LogP contribution >= 0.6 is 23.4 Å². The molecule has 5 nitrogen and oxygen atoms in total. The molecule has 0 unspecified atom stereocenters. The van der Waals surface area contributed by atoms with Crippen molar-refractivity contribution in [2.24, 2.45) is 0 Å². The molecular formula is C18H17ClN2O3S. The Morgan fingerprint density at radius 1 is 1.12 bits per heavy atom. The van der Waals surface area contributed by atoms with Gasteiger partial charge in [-0.25, -0.2) is 4.79 Å². The number of amides is 2. The van der Waals surface area contributed by atoms with E-state index in [1.54, 1.807) is 36.0 Å². The van der Waals surface area contributed by atoms with Crippen LogP contribution in [0.5, 0.6) is 11.5 Å². The highest BCUT2D eigenvalue weighted by molar-refractivity contribution is 7.99. The van der Waals surface area contributed by atoms with E-state index in [1.165, 1.54) is 0 Å². The molecule has 2 amide bonds. The summed E-state index contributed by atoms with van der Waals surface area (Å²) in [6, 6.07) is 12.9. The number of nitrogens with one attached hydrogen (secondary N) is 1. The van der Waals surface area contributed by atoms with Crippen molar-refractivity contribution in [3.63, 3.8) is 0 Å². The number of nitrogens with zero attached hydrogens (tertiary/aromatic N) is 1. The highest BCUT2D eigenvalue weighted by atomic mass is 35.5. The van der Waals surface area contributed by atoms with E-state index in [-0.39, 0.29) is 11.4 Å². The second-order valence-corrected chi connectivity index (χ2v) is 7.38. The molecule has 2 aromatic rings. The van der Waals surface area contributed by atoms with Crippen molar-refractivity contribution in [1.29, 1.82) is 0 Å². The van der Waals surface area contributed by atoms with Gasteiger partial charge in [0.2, 0.25) is 0 Å². The molecule has 1 atom stereocenters. The van der Waals surface area contributed by atoms with Crippen LogP contribution in [0.2, 0.25) is 5.02 Å². The van der Waals surface area contributed by atoms with Crippen molar-refractivity contribution in [3.05, 3.63) is 53.1 Å². The summed E-state index contributed by atoms with van der Waals surface area (Å²) < 4.78 is 11.2. The van der Waals surface area contributed by atoms with Gasteiger partial charge in [-0.15, -0.1) is 11.8 Å². The van der Waals surface area contributed by atoms with Crippen LogP contribution in [-0.2, 0) is 0 Å². The van der Waals surface area contributed by atoms with E-state index in [0.29, 0.717) is 24.8 Å². The summed E-state index contributed by atoms with van der Waals surface area (Å²) in [6.07, 6.45) is 0. The molecule has 1 saturated heterocycles. The lowest BCUT2D eigenvalue weighted by molar-refractivity contribution is 0.171. The Hall–Kier alpha value is -2.05. The first kappa shape index (κ1) is 16.4.